The average Bonchev–Trinajstić information content (AvgIpc) is 3.23. The molecule has 1 N–H and O–H groups in total. The average molecular weight is 327 g/mol. The van der Waals surface area contributed by atoms with Gasteiger partial charge >= 0.3 is 0 Å². The highest BCUT2D eigenvalue weighted by Crippen LogP contribution is 2.19. The molecular formula is C18H25N5O. The van der Waals surface area contributed by atoms with Crippen molar-refractivity contribution in [3.05, 3.63) is 47.8 Å². The van der Waals surface area contributed by atoms with E-state index in [1.54, 1.807) is 4.68 Å². The molecule has 1 unspecified atom stereocenters. The predicted molar refractivity (Wildman–Crippen MR) is 92.1 cm³/mol. The summed E-state index contributed by atoms with van der Waals surface area (Å²) >= 11 is 0. The SMILES string of the molecule is CC(C)n1cc(CNC(=O)C2CCN(Cc3ccccc3)C2)nn1. The summed E-state index contributed by atoms with van der Waals surface area (Å²) in [6.07, 6.45) is 2.80. The summed E-state index contributed by atoms with van der Waals surface area (Å²) in [5, 5.41) is 11.1. The molecule has 1 aliphatic rings. The zero-order chi connectivity index (χ0) is 16.9. The fourth-order valence-corrected chi connectivity index (χ4v) is 3.00. The van der Waals surface area contributed by atoms with Crippen molar-refractivity contribution in [2.75, 3.05) is 13.1 Å². The number of carbonyl (C=O) groups is 1. The van der Waals surface area contributed by atoms with Crippen LogP contribution in [-0.2, 0) is 17.9 Å². The van der Waals surface area contributed by atoms with Crippen LogP contribution in [-0.4, -0.2) is 38.9 Å². The Bertz CT molecular complexity index is 667. The third-order valence-corrected chi connectivity index (χ3v) is 4.42. The standard InChI is InChI=1S/C18H25N5O/c1-14(2)23-13-17(20-21-23)10-19-18(24)16-8-9-22(12-16)11-15-6-4-3-5-7-15/h3-7,13-14,16H,8-12H2,1-2H3,(H,19,24). The van der Waals surface area contributed by atoms with E-state index >= 15 is 0 Å². The Hall–Kier alpha value is -2.21. The Labute approximate surface area is 142 Å². The second-order valence-electron chi connectivity index (χ2n) is 6.71. The number of hydrogen-bond donors (Lipinski definition) is 1. The molecule has 1 amide bonds. The van der Waals surface area contributed by atoms with Crippen LogP contribution < -0.4 is 5.32 Å². The highest BCUT2D eigenvalue weighted by molar-refractivity contribution is 5.79. The summed E-state index contributed by atoms with van der Waals surface area (Å²) < 4.78 is 1.80. The second-order valence-corrected chi connectivity index (χ2v) is 6.71. The minimum atomic E-state index is 0.0638. The number of aromatic nitrogens is 3. The molecule has 3 rings (SSSR count). The first-order chi connectivity index (χ1) is 11.6. The van der Waals surface area contributed by atoms with Crippen molar-refractivity contribution in [2.45, 2.75) is 39.4 Å². The van der Waals surface area contributed by atoms with Gasteiger partial charge in [0.2, 0.25) is 5.91 Å². The maximum atomic E-state index is 12.4. The monoisotopic (exact) mass is 327 g/mol. The minimum Gasteiger partial charge on any atom is -0.350 e. The van der Waals surface area contributed by atoms with Gasteiger partial charge in [-0.05, 0) is 32.4 Å². The van der Waals surface area contributed by atoms with Crippen molar-refractivity contribution in [1.29, 1.82) is 0 Å². The van der Waals surface area contributed by atoms with E-state index < -0.39 is 0 Å². The van der Waals surface area contributed by atoms with Crippen LogP contribution in [0, 0.1) is 5.92 Å². The molecular weight excluding hydrogens is 302 g/mol. The Balaban J connectivity index is 1.46. The van der Waals surface area contributed by atoms with Crippen LogP contribution in [0.5, 0.6) is 0 Å². The summed E-state index contributed by atoms with van der Waals surface area (Å²) in [7, 11) is 0. The van der Waals surface area contributed by atoms with Crippen LogP contribution in [0.4, 0.5) is 0 Å². The molecule has 2 heterocycles. The van der Waals surface area contributed by atoms with Crippen molar-refractivity contribution in [3.8, 4) is 0 Å². The molecule has 1 saturated heterocycles. The van der Waals surface area contributed by atoms with Crippen LogP contribution >= 0.6 is 0 Å². The lowest BCUT2D eigenvalue weighted by atomic mass is 10.1. The van der Waals surface area contributed by atoms with Gasteiger partial charge in [0.25, 0.3) is 0 Å². The Morgan fingerprint density at radius 3 is 2.83 bits per heavy atom. The number of likely N-dealkylation sites (tertiary alicyclic amines) is 1. The van der Waals surface area contributed by atoms with Crippen LogP contribution in [0.1, 0.15) is 37.6 Å². The minimum absolute atomic E-state index is 0.0638. The van der Waals surface area contributed by atoms with E-state index in [2.05, 4.69) is 58.6 Å². The van der Waals surface area contributed by atoms with Crippen molar-refractivity contribution in [1.82, 2.24) is 25.2 Å². The molecule has 24 heavy (non-hydrogen) atoms. The zero-order valence-corrected chi connectivity index (χ0v) is 14.4. The highest BCUT2D eigenvalue weighted by Gasteiger charge is 2.28. The molecule has 0 spiro atoms. The molecule has 0 saturated carbocycles. The Morgan fingerprint density at radius 1 is 1.33 bits per heavy atom. The summed E-state index contributed by atoms with van der Waals surface area (Å²) in [4.78, 5) is 14.7. The van der Waals surface area contributed by atoms with Crippen LogP contribution in [0.15, 0.2) is 36.5 Å². The van der Waals surface area contributed by atoms with Crippen LogP contribution in [0.2, 0.25) is 0 Å². The number of nitrogens with zero attached hydrogens (tertiary/aromatic N) is 4. The first kappa shape index (κ1) is 16.6. The van der Waals surface area contributed by atoms with E-state index in [9.17, 15) is 4.79 Å². The molecule has 1 fully saturated rings. The molecule has 1 aromatic carbocycles. The van der Waals surface area contributed by atoms with Crippen LogP contribution in [0.3, 0.4) is 0 Å². The second kappa shape index (κ2) is 7.57. The topological polar surface area (TPSA) is 63.1 Å². The smallest absolute Gasteiger partial charge is 0.224 e. The Kier molecular flexibility index (Phi) is 5.25. The molecule has 0 radical (unpaired) electrons. The van der Waals surface area contributed by atoms with Crippen molar-refractivity contribution >= 4 is 5.91 Å². The number of hydrogen-bond acceptors (Lipinski definition) is 4. The first-order valence-corrected chi connectivity index (χ1v) is 8.56. The molecule has 2 aromatic rings. The molecule has 1 atom stereocenters. The van der Waals surface area contributed by atoms with E-state index in [0.717, 1.165) is 31.7 Å². The zero-order valence-electron chi connectivity index (χ0n) is 14.4. The van der Waals surface area contributed by atoms with Crippen molar-refractivity contribution in [2.24, 2.45) is 5.92 Å². The van der Waals surface area contributed by atoms with E-state index in [0.29, 0.717) is 6.54 Å². The molecule has 0 aliphatic carbocycles. The van der Waals surface area contributed by atoms with E-state index in [1.165, 1.54) is 5.56 Å². The lowest BCUT2D eigenvalue weighted by molar-refractivity contribution is -0.124. The van der Waals surface area contributed by atoms with Gasteiger partial charge in [-0.15, -0.1) is 5.10 Å². The third-order valence-electron chi connectivity index (χ3n) is 4.42. The number of benzene rings is 1. The maximum absolute atomic E-state index is 12.4. The van der Waals surface area contributed by atoms with Gasteiger partial charge in [-0.2, -0.15) is 0 Å². The fraction of sp³-hybridized carbons (Fsp3) is 0.500. The third kappa shape index (κ3) is 4.20. The highest BCUT2D eigenvalue weighted by atomic mass is 16.1. The Morgan fingerprint density at radius 2 is 2.12 bits per heavy atom. The fourth-order valence-electron chi connectivity index (χ4n) is 3.00. The van der Waals surface area contributed by atoms with E-state index in [-0.39, 0.29) is 17.9 Å². The van der Waals surface area contributed by atoms with Crippen LogP contribution in [0.25, 0.3) is 0 Å². The van der Waals surface area contributed by atoms with Gasteiger partial charge in [-0.25, -0.2) is 4.68 Å². The predicted octanol–water partition coefficient (Wildman–Crippen LogP) is 2.00. The molecule has 0 bridgehead atoms. The van der Waals surface area contributed by atoms with Gasteiger partial charge < -0.3 is 5.32 Å². The van der Waals surface area contributed by atoms with Gasteiger partial charge in [0.1, 0.15) is 5.69 Å². The molecule has 6 nitrogen and oxygen atoms in total. The lowest BCUT2D eigenvalue weighted by Crippen LogP contribution is -2.32. The molecule has 128 valence electrons. The van der Waals surface area contributed by atoms with Gasteiger partial charge in [0.05, 0.1) is 18.7 Å². The quantitative estimate of drug-likeness (QED) is 0.881. The normalized spacial score (nSPS) is 18.2. The largest absolute Gasteiger partial charge is 0.350 e. The van der Waals surface area contributed by atoms with Crippen molar-refractivity contribution in [3.63, 3.8) is 0 Å². The summed E-state index contributed by atoms with van der Waals surface area (Å²) in [5.41, 5.74) is 2.10. The van der Waals surface area contributed by atoms with E-state index in [4.69, 9.17) is 0 Å². The number of rotatable bonds is 6. The maximum Gasteiger partial charge on any atom is 0.224 e. The summed E-state index contributed by atoms with van der Waals surface area (Å²) in [6.45, 7) is 7.25. The van der Waals surface area contributed by atoms with Gasteiger partial charge in [-0.3, -0.25) is 9.69 Å². The number of carbonyl (C=O) groups excluding carboxylic acids is 1. The number of nitrogens with one attached hydrogen (secondary N) is 1. The lowest BCUT2D eigenvalue weighted by Gasteiger charge is -2.15. The van der Waals surface area contributed by atoms with Gasteiger partial charge in [-0.1, -0.05) is 35.5 Å². The van der Waals surface area contributed by atoms with E-state index in [1.807, 2.05) is 12.3 Å². The molecule has 6 heteroatoms. The summed E-state index contributed by atoms with van der Waals surface area (Å²) in [5.74, 6) is 0.179. The molecule has 1 aliphatic heterocycles. The molecule has 1 aromatic heterocycles. The van der Waals surface area contributed by atoms with Gasteiger partial charge in [0, 0.05) is 19.1 Å². The van der Waals surface area contributed by atoms with Crippen molar-refractivity contribution < 1.29 is 4.79 Å². The summed E-state index contributed by atoms with van der Waals surface area (Å²) in [6, 6.07) is 10.7. The van der Waals surface area contributed by atoms with Gasteiger partial charge in [0.15, 0.2) is 0 Å². The number of amides is 1. The first-order valence-electron chi connectivity index (χ1n) is 8.56.